The van der Waals surface area contributed by atoms with Crippen molar-refractivity contribution in [3.8, 4) is 0 Å². The van der Waals surface area contributed by atoms with Crippen LogP contribution in [-0.2, 0) is 6.18 Å². The third-order valence-electron chi connectivity index (χ3n) is 2.00. The van der Waals surface area contributed by atoms with Gasteiger partial charge in [0.05, 0.1) is 5.52 Å². The fraction of sp³-hybridized carbons (Fsp3) is 0.100. The Morgan fingerprint density at radius 1 is 1.06 bits per heavy atom. The molecule has 0 radical (unpaired) electrons. The highest BCUT2D eigenvalue weighted by atomic mass is 35.5. The summed E-state index contributed by atoms with van der Waals surface area (Å²) in [4.78, 5) is 3.51. The van der Waals surface area contributed by atoms with Crippen LogP contribution in [0.2, 0.25) is 0 Å². The van der Waals surface area contributed by atoms with Crippen molar-refractivity contribution in [3.63, 3.8) is 0 Å². The van der Waals surface area contributed by atoms with Crippen LogP contribution in [0.5, 0.6) is 0 Å². The highest BCUT2D eigenvalue weighted by Gasteiger charge is 2.32. The maximum atomic E-state index is 12.3. The molecule has 0 aliphatic heterocycles. The summed E-state index contributed by atoms with van der Waals surface area (Å²) in [5, 5.41) is 0.600. The molecule has 0 fully saturated rings. The van der Waals surface area contributed by atoms with Crippen molar-refractivity contribution in [1.82, 2.24) is 4.98 Å². The number of nitrogen functional groups attached to an aromatic ring is 1. The monoisotopic (exact) mass is 248 g/mol. The Kier molecular flexibility index (Phi) is 3.28. The molecule has 2 rings (SSSR count). The molecule has 0 saturated carbocycles. The molecule has 6 heteroatoms. The van der Waals surface area contributed by atoms with Crippen LogP contribution in [0.1, 0.15) is 5.69 Å². The second kappa shape index (κ2) is 4.17. The third kappa shape index (κ3) is 2.36. The molecule has 2 aromatic rings. The van der Waals surface area contributed by atoms with Crippen molar-refractivity contribution in [2.45, 2.75) is 6.18 Å². The van der Waals surface area contributed by atoms with Crippen molar-refractivity contribution in [1.29, 1.82) is 0 Å². The second-order valence-corrected chi connectivity index (χ2v) is 3.15. The van der Waals surface area contributed by atoms with Gasteiger partial charge < -0.3 is 5.73 Å². The highest BCUT2D eigenvalue weighted by molar-refractivity contribution is 5.85. The molecule has 2 nitrogen and oxygen atoms in total. The molecular weight excluding hydrogens is 241 g/mol. The standard InChI is InChI=1S/C10H7F3N2.ClH/c11-10(12,13)9-4-1-6-5-7(14)2-3-8(6)15-9;/h1-5H,14H2;1H. The van der Waals surface area contributed by atoms with Crippen LogP contribution in [0, 0.1) is 0 Å². The third-order valence-corrected chi connectivity index (χ3v) is 2.00. The number of halogens is 4. The van der Waals surface area contributed by atoms with Crippen molar-refractivity contribution in [3.05, 3.63) is 36.0 Å². The van der Waals surface area contributed by atoms with Crippen LogP contribution in [0.4, 0.5) is 18.9 Å². The first-order valence-corrected chi connectivity index (χ1v) is 4.20. The van der Waals surface area contributed by atoms with E-state index in [2.05, 4.69) is 4.98 Å². The second-order valence-electron chi connectivity index (χ2n) is 3.15. The van der Waals surface area contributed by atoms with Gasteiger partial charge in [-0.2, -0.15) is 13.2 Å². The lowest BCUT2D eigenvalue weighted by atomic mass is 10.2. The predicted octanol–water partition coefficient (Wildman–Crippen LogP) is 3.26. The van der Waals surface area contributed by atoms with Crippen LogP contribution in [-0.4, -0.2) is 4.98 Å². The van der Waals surface area contributed by atoms with Crippen molar-refractivity contribution in [2.75, 3.05) is 5.73 Å². The Balaban J connectivity index is 0.00000128. The van der Waals surface area contributed by atoms with E-state index in [1.807, 2.05) is 0 Å². The lowest BCUT2D eigenvalue weighted by Crippen LogP contribution is -2.07. The summed E-state index contributed by atoms with van der Waals surface area (Å²) < 4.78 is 36.9. The number of nitrogens with zero attached hydrogens (tertiary/aromatic N) is 1. The molecule has 0 bridgehead atoms. The molecule has 1 aromatic heterocycles. The Morgan fingerprint density at radius 2 is 1.75 bits per heavy atom. The number of benzene rings is 1. The van der Waals surface area contributed by atoms with Gasteiger partial charge in [0.25, 0.3) is 0 Å². The maximum Gasteiger partial charge on any atom is 0.433 e. The number of rotatable bonds is 0. The molecule has 2 N–H and O–H groups in total. The van der Waals surface area contributed by atoms with Crippen LogP contribution in [0.25, 0.3) is 10.9 Å². The van der Waals surface area contributed by atoms with E-state index in [-0.39, 0.29) is 12.4 Å². The van der Waals surface area contributed by atoms with Gasteiger partial charge in [-0.1, -0.05) is 6.07 Å². The van der Waals surface area contributed by atoms with Crippen molar-refractivity contribution >= 4 is 29.0 Å². The summed E-state index contributed by atoms with van der Waals surface area (Å²) in [6.45, 7) is 0. The van der Waals surface area contributed by atoms with E-state index < -0.39 is 11.9 Å². The Morgan fingerprint density at radius 3 is 2.38 bits per heavy atom. The predicted molar refractivity (Wildman–Crippen MR) is 58.4 cm³/mol. The van der Waals surface area contributed by atoms with Gasteiger partial charge in [0.1, 0.15) is 5.69 Å². The van der Waals surface area contributed by atoms with Gasteiger partial charge in [0, 0.05) is 11.1 Å². The molecule has 0 saturated heterocycles. The number of alkyl halides is 3. The van der Waals surface area contributed by atoms with E-state index in [1.54, 1.807) is 6.07 Å². The highest BCUT2D eigenvalue weighted by Crippen LogP contribution is 2.29. The Labute approximate surface area is 95.7 Å². The van der Waals surface area contributed by atoms with E-state index in [9.17, 15) is 13.2 Å². The zero-order chi connectivity index (χ0) is 11.1. The molecule has 0 aliphatic carbocycles. The van der Waals surface area contributed by atoms with E-state index in [0.717, 1.165) is 6.07 Å². The van der Waals surface area contributed by atoms with Crippen LogP contribution in [0.15, 0.2) is 30.3 Å². The van der Waals surface area contributed by atoms with Gasteiger partial charge >= 0.3 is 6.18 Å². The summed E-state index contributed by atoms with van der Waals surface area (Å²) >= 11 is 0. The molecule has 0 spiro atoms. The van der Waals surface area contributed by atoms with Gasteiger partial charge in [0.15, 0.2) is 0 Å². The number of anilines is 1. The molecular formula is C10H8ClF3N2. The molecule has 1 aromatic carbocycles. The average molecular weight is 249 g/mol. The lowest BCUT2D eigenvalue weighted by molar-refractivity contribution is -0.140. The molecule has 16 heavy (non-hydrogen) atoms. The minimum atomic E-state index is -4.41. The van der Waals surface area contributed by atoms with E-state index in [0.29, 0.717) is 16.6 Å². The Hall–Kier alpha value is -1.49. The first-order chi connectivity index (χ1) is 6.97. The largest absolute Gasteiger partial charge is 0.433 e. The Bertz CT molecular complexity index is 511. The number of aromatic nitrogens is 1. The lowest BCUT2D eigenvalue weighted by Gasteiger charge is -2.06. The SMILES string of the molecule is Cl.Nc1ccc2nc(C(F)(F)F)ccc2c1. The summed E-state index contributed by atoms with van der Waals surface area (Å²) in [5.41, 5.74) is 5.40. The normalized spacial score (nSPS) is 11.2. The van der Waals surface area contributed by atoms with E-state index >= 15 is 0 Å². The molecule has 0 unspecified atom stereocenters. The van der Waals surface area contributed by atoms with Gasteiger partial charge in [-0.15, -0.1) is 12.4 Å². The molecule has 86 valence electrons. The summed E-state index contributed by atoms with van der Waals surface area (Å²) in [6.07, 6.45) is -4.41. The number of hydrogen-bond acceptors (Lipinski definition) is 2. The first-order valence-electron chi connectivity index (χ1n) is 4.20. The van der Waals surface area contributed by atoms with Crippen molar-refractivity contribution < 1.29 is 13.2 Å². The van der Waals surface area contributed by atoms with Gasteiger partial charge in [-0.3, -0.25) is 0 Å². The number of hydrogen-bond donors (Lipinski definition) is 1. The smallest absolute Gasteiger partial charge is 0.399 e. The van der Waals surface area contributed by atoms with E-state index in [4.69, 9.17) is 5.73 Å². The van der Waals surface area contributed by atoms with Gasteiger partial charge in [-0.25, -0.2) is 4.98 Å². The van der Waals surface area contributed by atoms with E-state index in [1.165, 1.54) is 18.2 Å². The summed E-state index contributed by atoms with van der Waals surface area (Å²) in [7, 11) is 0. The zero-order valence-corrected chi connectivity index (χ0v) is 8.77. The zero-order valence-electron chi connectivity index (χ0n) is 7.95. The van der Waals surface area contributed by atoms with Crippen LogP contribution in [0.3, 0.4) is 0 Å². The summed E-state index contributed by atoms with van der Waals surface area (Å²) in [6, 6.07) is 6.89. The topological polar surface area (TPSA) is 38.9 Å². The average Bonchev–Trinajstić information content (AvgIpc) is 2.15. The molecule has 1 heterocycles. The summed E-state index contributed by atoms with van der Waals surface area (Å²) in [5.74, 6) is 0. The molecule has 0 aliphatic rings. The van der Waals surface area contributed by atoms with Gasteiger partial charge in [-0.05, 0) is 24.3 Å². The first kappa shape index (κ1) is 12.6. The minimum Gasteiger partial charge on any atom is -0.399 e. The molecule has 0 atom stereocenters. The van der Waals surface area contributed by atoms with Crippen LogP contribution < -0.4 is 5.73 Å². The fourth-order valence-electron chi connectivity index (χ4n) is 1.30. The quantitative estimate of drug-likeness (QED) is 0.727. The van der Waals surface area contributed by atoms with Crippen molar-refractivity contribution in [2.24, 2.45) is 0 Å². The van der Waals surface area contributed by atoms with Gasteiger partial charge in [0.2, 0.25) is 0 Å². The minimum absolute atomic E-state index is 0. The number of nitrogens with two attached hydrogens (primary N) is 1. The fourth-order valence-corrected chi connectivity index (χ4v) is 1.30. The van der Waals surface area contributed by atoms with Crippen LogP contribution >= 0.6 is 12.4 Å². The maximum absolute atomic E-state index is 12.3. The number of pyridine rings is 1. The molecule has 0 amide bonds. The number of fused-ring (bicyclic) bond motifs is 1.